The number of nitrogens with one attached hydrogen (secondary N) is 2. The number of ether oxygens (including phenoxy) is 1. The molecule has 2 aromatic carbocycles. The fourth-order valence-electron chi connectivity index (χ4n) is 5.47. The highest BCUT2D eigenvalue weighted by atomic mass is 16.5. The summed E-state index contributed by atoms with van der Waals surface area (Å²) < 4.78 is 5.71. The molecular weight excluding hydrogens is 444 g/mol. The summed E-state index contributed by atoms with van der Waals surface area (Å²) in [5.41, 5.74) is 4.70. The number of hydrogen-bond donors (Lipinski definition) is 3. The maximum Gasteiger partial charge on any atom is 0.407 e. The van der Waals surface area contributed by atoms with Crippen LogP contribution in [0.25, 0.3) is 11.1 Å². The van der Waals surface area contributed by atoms with E-state index in [-0.39, 0.29) is 49.3 Å². The van der Waals surface area contributed by atoms with E-state index < -0.39 is 12.1 Å². The van der Waals surface area contributed by atoms with Crippen LogP contribution in [0.4, 0.5) is 4.79 Å². The van der Waals surface area contributed by atoms with Crippen molar-refractivity contribution in [1.82, 2.24) is 10.6 Å². The Labute approximate surface area is 206 Å². The monoisotopic (exact) mass is 478 g/mol. The summed E-state index contributed by atoms with van der Waals surface area (Å²) in [4.78, 5) is 36.3. The molecule has 7 nitrogen and oxygen atoms in total. The molecule has 3 N–H and O–H groups in total. The summed E-state index contributed by atoms with van der Waals surface area (Å²) in [6, 6.07) is 15.9. The Bertz CT molecular complexity index is 1020. The van der Waals surface area contributed by atoms with Gasteiger partial charge in [-0.2, -0.15) is 0 Å². The van der Waals surface area contributed by atoms with Crippen LogP contribution in [0.2, 0.25) is 0 Å². The van der Waals surface area contributed by atoms with Gasteiger partial charge in [0.2, 0.25) is 5.91 Å². The molecule has 0 heterocycles. The number of amides is 2. The second kappa shape index (κ2) is 11.4. The zero-order chi connectivity index (χ0) is 24.8. The summed E-state index contributed by atoms with van der Waals surface area (Å²) in [7, 11) is 0. The van der Waals surface area contributed by atoms with Gasteiger partial charge in [-0.05, 0) is 47.4 Å². The van der Waals surface area contributed by atoms with E-state index in [2.05, 4.69) is 34.9 Å². The highest BCUT2D eigenvalue weighted by Crippen LogP contribution is 2.44. The van der Waals surface area contributed by atoms with Crippen LogP contribution in [0.15, 0.2) is 48.5 Å². The van der Waals surface area contributed by atoms with E-state index in [0.29, 0.717) is 6.42 Å². The average Bonchev–Trinajstić information content (AvgIpc) is 3.17. The lowest BCUT2D eigenvalue weighted by atomic mass is 9.82. The predicted octanol–water partition coefficient (Wildman–Crippen LogP) is 4.84. The molecule has 186 valence electrons. The lowest BCUT2D eigenvalue weighted by molar-refractivity contribution is -0.137. The van der Waals surface area contributed by atoms with Gasteiger partial charge in [0.05, 0.1) is 6.42 Å². The third kappa shape index (κ3) is 6.02. The van der Waals surface area contributed by atoms with Crippen molar-refractivity contribution in [2.45, 2.75) is 69.9 Å². The Morgan fingerprint density at radius 1 is 1.00 bits per heavy atom. The Balaban J connectivity index is 1.33. The summed E-state index contributed by atoms with van der Waals surface area (Å²) in [5, 5.41) is 14.9. The van der Waals surface area contributed by atoms with Crippen LogP contribution in [0.1, 0.15) is 68.9 Å². The van der Waals surface area contributed by atoms with Gasteiger partial charge in [0.15, 0.2) is 0 Å². The Kier molecular flexibility index (Phi) is 8.06. The highest BCUT2D eigenvalue weighted by Gasteiger charge is 2.32. The predicted molar refractivity (Wildman–Crippen MR) is 133 cm³/mol. The minimum absolute atomic E-state index is 0.00120. The van der Waals surface area contributed by atoms with Gasteiger partial charge in [0.25, 0.3) is 0 Å². The van der Waals surface area contributed by atoms with Crippen molar-refractivity contribution in [3.63, 3.8) is 0 Å². The summed E-state index contributed by atoms with van der Waals surface area (Å²) in [5.74, 6) is -1.08. The molecular formula is C28H34N2O5. The van der Waals surface area contributed by atoms with Gasteiger partial charge in [0, 0.05) is 24.4 Å². The minimum Gasteiger partial charge on any atom is -0.481 e. The van der Waals surface area contributed by atoms with Crippen LogP contribution < -0.4 is 10.6 Å². The molecule has 0 aliphatic heterocycles. The number of carbonyl (C=O) groups is 3. The molecule has 1 saturated carbocycles. The first kappa shape index (κ1) is 24.8. The number of fused-ring (bicyclic) bond motifs is 3. The first-order chi connectivity index (χ1) is 17.0. The Morgan fingerprint density at radius 3 is 2.26 bits per heavy atom. The molecule has 7 heteroatoms. The van der Waals surface area contributed by atoms with Crippen molar-refractivity contribution in [3.8, 4) is 11.1 Å². The van der Waals surface area contributed by atoms with E-state index in [1.807, 2.05) is 31.2 Å². The zero-order valence-corrected chi connectivity index (χ0v) is 20.2. The quantitative estimate of drug-likeness (QED) is 0.478. The topological polar surface area (TPSA) is 105 Å². The fraction of sp³-hybridized carbons (Fsp3) is 0.464. The van der Waals surface area contributed by atoms with E-state index >= 15 is 0 Å². The van der Waals surface area contributed by atoms with E-state index in [9.17, 15) is 14.4 Å². The molecule has 0 saturated heterocycles. The number of alkyl carbamates (subject to hydrolysis) is 1. The molecule has 2 aromatic rings. The molecule has 0 spiro atoms. The standard InChI is InChI=1S/C28H34N2O5/c1-2-19(16-27(32)33)29-26(31)15-18-9-3-8-14-25(18)30-28(34)35-17-24-22-12-6-4-10-20(22)21-11-5-7-13-23(21)24/h4-7,10-13,18-19,24-25H,2-3,8-9,14-17H2,1H3,(H,29,31)(H,30,34)(H,32,33)/t18?,19-,25?/m1/s1. The first-order valence-electron chi connectivity index (χ1n) is 12.6. The molecule has 2 aliphatic carbocycles. The SMILES string of the molecule is CC[C@H](CC(=O)O)NC(=O)CC1CCCCC1NC(=O)OCC1c2ccccc2-c2ccccc21. The van der Waals surface area contributed by atoms with Crippen molar-refractivity contribution in [3.05, 3.63) is 59.7 Å². The minimum atomic E-state index is -0.926. The number of hydrogen-bond acceptors (Lipinski definition) is 4. The number of carbonyl (C=O) groups excluding carboxylic acids is 2. The van der Waals surface area contributed by atoms with Gasteiger partial charge in [-0.3, -0.25) is 9.59 Å². The summed E-state index contributed by atoms with van der Waals surface area (Å²) in [6.45, 7) is 2.11. The van der Waals surface area contributed by atoms with Crippen LogP contribution >= 0.6 is 0 Å². The van der Waals surface area contributed by atoms with Crippen molar-refractivity contribution in [2.24, 2.45) is 5.92 Å². The van der Waals surface area contributed by atoms with Crippen LogP contribution in [-0.4, -0.2) is 41.8 Å². The van der Waals surface area contributed by atoms with Crippen LogP contribution in [0, 0.1) is 5.92 Å². The van der Waals surface area contributed by atoms with Crippen LogP contribution in [-0.2, 0) is 14.3 Å². The number of carboxylic acid groups (broad SMARTS) is 1. The molecule has 2 aliphatic rings. The third-order valence-corrected chi connectivity index (χ3v) is 7.28. The molecule has 0 radical (unpaired) electrons. The average molecular weight is 479 g/mol. The van der Waals surface area contributed by atoms with Gasteiger partial charge in [-0.15, -0.1) is 0 Å². The molecule has 4 rings (SSSR count). The van der Waals surface area contributed by atoms with Gasteiger partial charge in [0.1, 0.15) is 6.61 Å². The number of carboxylic acids is 1. The summed E-state index contributed by atoms with van der Waals surface area (Å²) in [6.07, 6.45) is 3.92. The molecule has 1 fully saturated rings. The van der Waals surface area contributed by atoms with Crippen LogP contribution in [0.3, 0.4) is 0 Å². The van der Waals surface area contributed by atoms with Gasteiger partial charge >= 0.3 is 12.1 Å². The third-order valence-electron chi connectivity index (χ3n) is 7.28. The zero-order valence-electron chi connectivity index (χ0n) is 20.2. The second-order valence-electron chi connectivity index (χ2n) is 9.60. The van der Waals surface area contributed by atoms with Crippen LogP contribution in [0.5, 0.6) is 0 Å². The van der Waals surface area contributed by atoms with Gasteiger partial charge in [-0.25, -0.2) is 4.79 Å². The molecule has 2 unspecified atom stereocenters. The number of benzene rings is 2. The molecule has 3 atom stereocenters. The van der Waals surface area contributed by atoms with Gasteiger partial charge in [-0.1, -0.05) is 68.3 Å². The molecule has 35 heavy (non-hydrogen) atoms. The largest absolute Gasteiger partial charge is 0.481 e. The molecule has 0 bridgehead atoms. The van der Waals surface area contributed by atoms with Crippen molar-refractivity contribution in [2.75, 3.05) is 6.61 Å². The summed E-state index contributed by atoms with van der Waals surface area (Å²) >= 11 is 0. The normalized spacial score (nSPS) is 19.8. The van der Waals surface area contributed by atoms with E-state index in [1.54, 1.807) is 0 Å². The smallest absolute Gasteiger partial charge is 0.407 e. The molecule has 2 amide bonds. The van der Waals surface area contributed by atoms with E-state index in [1.165, 1.54) is 22.3 Å². The maximum absolute atomic E-state index is 12.8. The molecule has 0 aromatic heterocycles. The van der Waals surface area contributed by atoms with E-state index in [0.717, 1.165) is 25.7 Å². The fourth-order valence-corrected chi connectivity index (χ4v) is 5.47. The first-order valence-corrected chi connectivity index (χ1v) is 12.6. The maximum atomic E-state index is 12.8. The van der Waals surface area contributed by atoms with Gasteiger partial charge < -0.3 is 20.5 Å². The van der Waals surface area contributed by atoms with Crippen molar-refractivity contribution >= 4 is 18.0 Å². The number of rotatable bonds is 9. The van der Waals surface area contributed by atoms with Crippen molar-refractivity contribution in [1.29, 1.82) is 0 Å². The second-order valence-corrected chi connectivity index (χ2v) is 9.60. The highest BCUT2D eigenvalue weighted by molar-refractivity contribution is 5.79. The Hall–Kier alpha value is -3.35. The lowest BCUT2D eigenvalue weighted by Crippen LogP contribution is -2.45. The van der Waals surface area contributed by atoms with E-state index in [4.69, 9.17) is 9.84 Å². The Morgan fingerprint density at radius 2 is 1.63 bits per heavy atom. The lowest BCUT2D eigenvalue weighted by Gasteiger charge is -2.32. The van der Waals surface area contributed by atoms with Crippen molar-refractivity contribution < 1.29 is 24.2 Å². The number of aliphatic carboxylic acids is 1.